The van der Waals surface area contributed by atoms with E-state index in [1.54, 1.807) is 19.1 Å². The molecule has 2 atom stereocenters. The number of hydrogen-bond donors (Lipinski definition) is 5. The fourth-order valence-corrected chi connectivity index (χ4v) is 4.52. The summed E-state index contributed by atoms with van der Waals surface area (Å²) in [6, 6.07) is 7.60. The van der Waals surface area contributed by atoms with Crippen LogP contribution in [0.1, 0.15) is 40.5 Å². The molecule has 0 radical (unpaired) electrons. The van der Waals surface area contributed by atoms with Crippen LogP contribution in [0.15, 0.2) is 36.4 Å². The van der Waals surface area contributed by atoms with Gasteiger partial charge < -0.3 is 26.0 Å². The molecule has 1 aliphatic carbocycles. The lowest BCUT2D eigenvalue weighted by atomic mass is 9.90. The third-order valence-corrected chi connectivity index (χ3v) is 6.21. The van der Waals surface area contributed by atoms with Crippen LogP contribution in [0.4, 0.5) is 23.7 Å². The summed E-state index contributed by atoms with van der Waals surface area (Å²) in [5.74, 6) is -0.311. The van der Waals surface area contributed by atoms with Gasteiger partial charge in [-0.2, -0.15) is 13.2 Å². The van der Waals surface area contributed by atoms with Crippen LogP contribution in [-0.2, 0) is 19.0 Å². The first-order valence-corrected chi connectivity index (χ1v) is 11.4. The maximum absolute atomic E-state index is 13.1. The molecule has 11 heteroatoms. The van der Waals surface area contributed by atoms with E-state index in [9.17, 15) is 27.9 Å². The average molecular weight is 509 g/mol. The Morgan fingerprint density at radius 2 is 2.03 bits per heavy atom. The van der Waals surface area contributed by atoms with E-state index < -0.39 is 28.9 Å². The monoisotopic (exact) mass is 508 g/mol. The molecule has 0 fully saturated rings. The number of rotatable bonds is 5. The number of aryl methyl sites for hydroxylation is 1. The Morgan fingerprint density at radius 1 is 1.26 bits per heavy atom. The summed E-state index contributed by atoms with van der Waals surface area (Å²) in [6.45, 7) is 1.70. The van der Waals surface area contributed by atoms with E-state index in [0.717, 1.165) is 34.3 Å². The second-order valence-corrected chi connectivity index (χ2v) is 9.01. The minimum absolute atomic E-state index is 0.0279. The van der Waals surface area contributed by atoms with Crippen molar-refractivity contribution in [2.75, 3.05) is 11.9 Å². The van der Waals surface area contributed by atoms with Gasteiger partial charge >= 0.3 is 12.2 Å². The maximum Gasteiger partial charge on any atom is 0.417 e. The molecule has 186 valence electrons. The van der Waals surface area contributed by atoms with Gasteiger partial charge in [-0.05, 0) is 62.1 Å². The van der Waals surface area contributed by atoms with Crippen LogP contribution in [0.25, 0.3) is 10.9 Å². The summed E-state index contributed by atoms with van der Waals surface area (Å²) in [7, 11) is 0. The predicted molar refractivity (Wildman–Crippen MR) is 127 cm³/mol. The van der Waals surface area contributed by atoms with Crippen molar-refractivity contribution >= 4 is 40.1 Å². The van der Waals surface area contributed by atoms with E-state index in [1.165, 1.54) is 6.07 Å². The lowest BCUT2D eigenvalue weighted by Crippen LogP contribution is -2.41. The van der Waals surface area contributed by atoms with Crippen LogP contribution >= 0.6 is 11.6 Å². The zero-order valence-corrected chi connectivity index (χ0v) is 19.5. The number of hydrogen-bond acceptors (Lipinski definition) is 3. The summed E-state index contributed by atoms with van der Waals surface area (Å²) in [6.07, 6.45) is -3.64. The van der Waals surface area contributed by atoms with Crippen LogP contribution in [0.2, 0.25) is 5.02 Å². The number of carbonyl (C=O) groups excluding carboxylic acids is 2. The first kappa shape index (κ1) is 24.9. The van der Waals surface area contributed by atoms with Crippen molar-refractivity contribution in [3.8, 4) is 0 Å². The molecular weight excluding hydrogens is 485 g/mol. The van der Waals surface area contributed by atoms with E-state index in [-0.39, 0.29) is 24.2 Å². The molecule has 3 amide bonds. The van der Waals surface area contributed by atoms with Crippen molar-refractivity contribution in [3.05, 3.63) is 63.8 Å². The van der Waals surface area contributed by atoms with Gasteiger partial charge in [0, 0.05) is 40.4 Å². The second kappa shape index (κ2) is 9.79. The summed E-state index contributed by atoms with van der Waals surface area (Å²) >= 11 is 5.64. The van der Waals surface area contributed by atoms with Gasteiger partial charge in [0.15, 0.2) is 0 Å². The predicted octanol–water partition coefficient (Wildman–Crippen LogP) is 4.63. The largest absolute Gasteiger partial charge is 0.417 e. The Balaban J connectivity index is 1.50. The van der Waals surface area contributed by atoms with Crippen LogP contribution in [-0.4, -0.2) is 40.7 Å². The molecule has 2 aromatic carbocycles. The van der Waals surface area contributed by atoms with Crippen LogP contribution in [0, 0.1) is 0 Å². The van der Waals surface area contributed by atoms with Gasteiger partial charge in [0.1, 0.15) is 0 Å². The minimum Gasteiger partial charge on any atom is -0.392 e. The van der Waals surface area contributed by atoms with Gasteiger partial charge in [-0.1, -0.05) is 17.7 Å². The molecular formula is C24H24ClF3N4O3. The van der Waals surface area contributed by atoms with E-state index in [4.69, 9.17) is 11.6 Å². The normalized spacial score (nSPS) is 16.5. The highest BCUT2D eigenvalue weighted by Gasteiger charge is 2.33. The van der Waals surface area contributed by atoms with E-state index in [0.29, 0.717) is 24.8 Å². The average Bonchev–Trinajstić information content (AvgIpc) is 3.16. The molecule has 35 heavy (non-hydrogen) atoms. The van der Waals surface area contributed by atoms with Crippen LogP contribution in [0.5, 0.6) is 0 Å². The number of benzene rings is 2. The zero-order valence-electron chi connectivity index (χ0n) is 18.7. The van der Waals surface area contributed by atoms with Crippen LogP contribution < -0.4 is 16.0 Å². The van der Waals surface area contributed by atoms with Gasteiger partial charge in [0.25, 0.3) is 5.91 Å². The molecule has 3 aromatic rings. The Kier molecular flexibility index (Phi) is 6.95. The van der Waals surface area contributed by atoms with Crippen molar-refractivity contribution < 1.29 is 27.9 Å². The summed E-state index contributed by atoms with van der Waals surface area (Å²) < 4.78 is 39.3. The lowest BCUT2D eigenvalue weighted by molar-refractivity contribution is -0.137. The molecule has 0 saturated carbocycles. The number of aliphatic hydroxyl groups is 1. The first-order chi connectivity index (χ1) is 16.5. The number of aromatic nitrogens is 1. The number of aromatic amines is 1. The molecule has 0 spiro atoms. The van der Waals surface area contributed by atoms with Crippen molar-refractivity contribution in [1.29, 1.82) is 0 Å². The highest BCUT2D eigenvalue weighted by molar-refractivity contribution is 6.31. The van der Waals surface area contributed by atoms with Gasteiger partial charge in [0.2, 0.25) is 0 Å². The molecule has 1 heterocycles. The SMILES string of the molecule is CC(O)CNC(=O)c1cccc2[nH]c3c(c12)CC(NC(=O)Nc1ccc(Cl)c(C(F)(F)F)c1)CC3. The number of nitrogens with one attached hydrogen (secondary N) is 4. The molecule has 0 bridgehead atoms. The number of carbonyl (C=O) groups is 2. The quantitative estimate of drug-likeness (QED) is 0.347. The number of amides is 3. The number of alkyl halides is 3. The maximum atomic E-state index is 13.1. The van der Waals surface area contributed by atoms with Gasteiger partial charge in [0.05, 0.1) is 16.7 Å². The Labute approximate surface area is 204 Å². The topological polar surface area (TPSA) is 106 Å². The second-order valence-electron chi connectivity index (χ2n) is 8.60. The van der Waals surface area contributed by atoms with E-state index in [1.807, 2.05) is 6.07 Å². The molecule has 1 aromatic heterocycles. The van der Waals surface area contributed by atoms with E-state index in [2.05, 4.69) is 20.9 Å². The summed E-state index contributed by atoms with van der Waals surface area (Å²) in [5.41, 5.74) is 2.09. The molecule has 7 nitrogen and oxygen atoms in total. The van der Waals surface area contributed by atoms with Gasteiger partial charge in [-0.15, -0.1) is 0 Å². The number of aliphatic hydroxyl groups excluding tert-OH is 1. The summed E-state index contributed by atoms with van der Waals surface area (Å²) in [4.78, 5) is 28.6. The third kappa shape index (κ3) is 5.54. The molecule has 2 unspecified atom stereocenters. The fraction of sp³-hybridized carbons (Fsp3) is 0.333. The lowest BCUT2D eigenvalue weighted by Gasteiger charge is -2.24. The molecule has 0 saturated heterocycles. The highest BCUT2D eigenvalue weighted by atomic mass is 35.5. The first-order valence-electron chi connectivity index (χ1n) is 11.1. The Morgan fingerprint density at radius 3 is 2.74 bits per heavy atom. The number of anilines is 1. The molecule has 1 aliphatic rings. The smallest absolute Gasteiger partial charge is 0.392 e. The van der Waals surface area contributed by atoms with Crippen molar-refractivity contribution in [2.45, 2.75) is 44.5 Å². The van der Waals surface area contributed by atoms with Gasteiger partial charge in [-0.3, -0.25) is 4.79 Å². The standard InChI is InChI=1S/C24H24ClF3N4O3/c1-12(33)11-29-22(34)15-3-2-4-20-21(15)16-9-13(6-8-19(16)32-20)30-23(35)31-14-5-7-18(25)17(10-14)24(26,27)28/h2-5,7,10,12-13,32-33H,6,8-9,11H2,1H3,(H,29,34)(H2,30,31,35). The third-order valence-electron chi connectivity index (χ3n) is 5.88. The molecule has 5 N–H and O–H groups in total. The molecule has 0 aliphatic heterocycles. The molecule has 4 rings (SSSR count). The Bertz CT molecular complexity index is 1270. The van der Waals surface area contributed by atoms with Crippen molar-refractivity contribution in [1.82, 2.24) is 15.6 Å². The van der Waals surface area contributed by atoms with Crippen molar-refractivity contribution in [2.24, 2.45) is 0 Å². The number of H-pyrrole nitrogens is 1. The number of urea groups is 1. The Hall–Kier alpha value is -3.24. The summed E-state index contributed by atoms with van der Waals surface area (Å²) in [5, 5.41) is 17.7. The van der Waals surface area contributed by atoms with Gasteiger partial charge in [-0.25, -0.2) is 4.79 Å². The van der Waals surface area contributed by atoms with Crippen LogP contribution in [0.3, 0.4) is 0 Å². The minimum atomic E-state index is -4.64. The van der Waals surface area contributed by atoms with Crippen molar-refractivity contribution in [3.63, 3.8) is 0 Å². The zero-order chi connectivity index (χ0) is 25.3. The fourth-order valence-electron chi connectivity index (χ4n) is 4.30. The van der Waals surface area contributed by atoms with E-state index >= 15 is 0 Å². The highest BCUT2D eigenvalue weighted by Crippen LogP contribution is 2.36. The number of halogens is 4. The number of fused-ring (bicyclic) bond motifs is 3.